The average Bonchev–Trinajstić information content (AvgIpc) is 2.46. The van der Waals surface area contributed by atoms with Crippen LogP contribution in [0.3, 0.4) is 0 Å². The molecule has 0 heterocycles. The number of hydrogen-bond acceptors (Lipinski definition) is 4. The average molecular weight is 319 g/mol. The molecule has 0 bridgehead atoms. The van der Waals surface area contributed by atoms with Crippen molar-refractivity contribution in [3.05, 3.63) is 0 Å². The zero-order valence-electron chi connectivity index (χ0n) is 14.2. The van der Waals surface area contributed by atoms with Crippen molar-refractivity contribution in [3.8, 4) is 0 Å². The Morgan fingerprint density at radius 3 is 1.57 bits per heavy atom. The van der Waals surface area contributed by atoms with Crippen LogP contribution >= 0.6 is 0 Å². The fraction of sp³-hybridized carbons (Fsp3) is 0.938. The number of rotatable bonds is 16. The Hall–Kier alpha value is -0.233. The van der Waals surface area contributed by atoms with Gasteiger partial charge in [0.15, 0.2) is 0 Å². The van der Waals surface area contributed by atoms with Crippen LogP contribution in [-0.2, 0) is 18.1 Å². The summed E-state index contributed by atoms with van der Waals surface area (Å²) in [5, 5.41) is 0. The van der Waals surface area contributed by atoms with Crippen molar-refractivity contribution in [1.29, 1.82) is 0 Å². The minimum Gasteiger partial charge on any atom is -0.374 e. The van der Waals surface area contributed by atoms with Crippen LogP contribution < -0.4 is 0 Å². The van der Waals surface area contributed by atoms with Crippen molar-refractivity contribution in [2.45, 2.75) is 78.2 Å². The molecule has 0 aliphatic heterocycles. The maximum absolute atomic E-state index is 10.2. The first kappa shape index (κ1) is 20.8. The van der Waals surface area contributed by atoms with E-state index in [0.29, 0.717) is 26.2 Å². The highest BCUT2D eigenvalue weighted by Crippen LogP contribution is 2.20. The molecule has 0 aliphatic rings. The van der Waals surface area contributed by atoms with Crippen LogP contribution in [0.25, 0.3) is 0 Å². The Morgan fingerprint density at radius 2 is 1.14 bits per heavy atom. The van der Waals surface area contributed by atoms with Gasteiger partial charge in [-0.2, -0.15) is 0 Å². The monoisotopic (exact) mass is 318 g/mol. The molecule has 0 aromatic heterocycles. The Morgan fingerprint density at radius 1 is 0.714 bits per heavy atom. The summed E-state index contributed by atoms with van der Waals surface area (Å²) in [6, 6.07) is 0.924. The molecule has 5 heteroatoms. The molecule has 0 fully saturated rings. The van der Waals surface area contributed by atoms with Crippen LogP contribution in [-0.4, -0.2) is 34.9 Å². The van der Waals surface area contributed by atoms with Crippen LogP contribution in [0, 0.1) is 0 Å². The molecule has 0 saturated carbocycles. The molecule has 4 nitrogen and oxygen atoms in total. The van der Waals surface area contributed by atoms with Gasteiger partial charge in [0.05, 0.1) is 0 Å². The highest BCUT2D eigenvalue weighted by molar-refractivity contribution is 6.60. The van der Waals surface area contributed by atoms with Gasteiger partial charge in [-0.25, -0.2) is 0 Å². The Bertz CT molecular complexity index is 219. The van der Waals surface area contributed by atoms with E-state index in [1.807, 2.05) is 20.8 Å². The lowest BCUT2D eigenvalue weighted by Crippen LogP contribution is -2.45. The van der Waals surface area contributed by atoms with E-state index >= 15 is 0 Å². The fourth-order valence-corrected chi connectivity index (χ4v) is 5.14. The number of carbonyl (C=O) groups excluding carboxylic acids is 1. The molecule has 0 aromatic carbocycles. The molecule has 0 spiro atoms. The van der Waals surface area contributed by atoms with Crippen molar-refractivity contribution < 1.29 is 18.1 Å². The van der Waals surface area contributed by atoms with Crippen LogP contribution in [0.5, 0.6) is 0 Å². The highest BCUT2D eigenvalue weighted by atomic mass is 28.4. The summed E-state index contributed by atoms with van der Waals surface area (Å²) < 4.78 is 17.5. The van der Waals surface area contributed by atoms with E-state index in [4.69, 9.17) is 13.3 Å². The van der Waals surface area contributed by atoms with E-state index in [1.165, 1.54) is 32.1 Å². The summed E-state index contributed by atoms with van der Waals surface area (Å²) in [6.45, 7) is 7.96. The molecular weight excluding hydrogens is 284 g/mol. The molecule has 0 rings (SSSR count). The highest BCUT2D eigenvalue weighted by Gasteiger charge is 2.39. The van der Waals surface area contributed by atoms with Gasteiger partial charge in [0.2, 0.25) is 0 Å². The second-order valence-electron chi connectivity index (χ2n) is 5.16. The minimum atomic E-state index is -2.42. The molecule has 0 amide bonds. The molecule has 0 radical (unpaired) electrons. The zero-order chi connectivity index (χ0) is 15.8. The van der Waals surface area contributed by atoms with E-state index in [1.54, 1.807) is 0 Å². The third-order valence-electron chi connectivity index (χ3n) is 3.40. The largest absolute Gasteiger partial charge is 0.500 e. The van der Waals surface area contributed by atoms with Gasteiger partial charge in [-0.1, -0.05) is 32.1 Å². The first-order chi connectivity index (χ1) is 10.2. The van der Waals surface area contributed by atoms with E-state index < -0.39 is 8.80 Å². The molecule has 0 saturated heterocycles. The lowest BCUT2D eigenvalue weighted by Gasteiger charge is -2.28. The van der Waals surface area contributed by atoms with Crippen LogP contribution in [0.4, 0.5) is 0 Å². The minimum absolute atomic E-state index is 0.656. The third-order valence-corrected chi connectivity index (χ3v) is 6.55. The SMILES string of the molecule is CCO[Si](CCCCCCCCCC=O)(OCC)OCC. The van der Waals surface area contributed by atoms with Gasteiger partial charge in [0.25, 0.3) is 0 Å². The molecule has 0 aromatic rings. The number of carbonyl (C=O) groups is 1. The van der Waals surface area contributed by atoms with E-state index in [2.05, 4.69) is 0 Å². The molecule has 126 valence electrons. The topological polar surface area (TPSA) is 44.8 Å². The Kier molecular flexibility index (Phi) is 14.5. The molecule has 0 N–H and O–H groups in total. The first-order valence-electron chi connectivity index (χ1n) is 8.60. The van der Waals surface area contributed by atoms with Crippen molar-refractivity contribution in [2.75, 3.05) is 19.8 Å². The van der Waals surface area contributed by atoms with Gasteiger partial charge in [-0.15, -0.1) is 0 Å². The summed E-state index contributed by atoms with van der Waals surface area (Å²) in [7, 11) is -2.42. The lowest BCUT2D eigenvalue weighted by molar-refractivity contribution is -0.107. The van der Waals surface area contributed by atoms with Crippen molar-refractivity contribution in [3.63, 3.8) is 0 Å². The van der Waals surface area contributed by atoms with Crippen LogP contribution in [0.2, 0.25) is 6.04 Å². The summed E-state index contributed by atoms with van der Waals surface area (Å²) in [6.07, 6.45) is 9.99. The quantitative estimate of drug-likeness (QED) is 0.241. The van der Waals surface area contributed by atoms with E-state index in [9.17, 15) is 4.79 Å². The smallest absolute Gasteiger partial charge is 0.374 e. The number of aldehydes is 1. The summed E-state index contributed by atoms with van der Waals surface area (Å²) in [5.41, 5.74) is 0. The second-order valence-corrected chi connectivity index (χ2v) is 7.89. The summed E-state index contributed by atoms with van der Waals surface area (Å²) in [4.78, 5) is 10.2. The van der Waals surface area contributed by atoms with Crippen molar-refractivity contribution in [1.82, 2.24) is 0 Å². The molecule has 0 unspecified atom stereocenters. The van der Waals surface area contributed by atoms with Gasteiger partial charge in [0.1, 0.15) is 6.29 Å². The third kappa shape index (κ3) is 11.0. The summed E-state index contributed by atoms with van der Waals surface area (Å²) in [5.74, 6) is 0. The molecule has 21 heavy (non-hydrogen) atoms. The second kappa shape index (κ2) is 14.7. The van der Waals surface area contributed by atoms with Crippen molar-refractivity contribution in [2.24, 2.45) is 0 Å². The zero-order valence-corrected chi connectivity index (χ0v) is 15.2. The maximum Gasteiger partial charge on any atom is 0.500 e. The summed E-state index contributed by atoms with van der Waals surface area (Å²) >= 11 is 0. The van der Waals surface area contributed by atoms with E-state index in [0.717, 1.165) is 25.2 Å². The fourth-order valence-electron chi connectivity index (χ4n) is 2.45. The predicted octanol–water partition coefficient (Wildman–Crippen LogP) is 4.35. The van der Waals surface area contributed by atoms with Gasteiger partial charge in [0, 0.05) is 32.3 Å². The molecule has 0 atom stereocenters. The molecule has 0 aliphatic carbocycles. The Labute approximate surface area is 131 Å². The Balaban J connectivity index is 3.78. The van der Waals surface area contributed by atoms with Gasteiger partial charge in [-0.3, -0.25) is 0 Å². The lowest BCUT2D eigenvalue weighted by atomic mass is 10.1. The van der Waals surface area contributed by atoms with Crippen LogP contribution in [0.15, 0.2) is 0 Å². The number of unbranched alkanes of at least 4 members (excludes halogenated alkanes) is 7. The molecular formula is C16H34O4Si. The predicted molar refractivity (Wildman–Crippen MR) is 88.4 cm³/mol. The maximum atomic E-state index is 10.2. The van der Waals surface area contributed by atoms with E-state index in [-0.39, 0.29) is 0 Å². The number of hydrogen-bond donors (Lipinski definition) is 0. The van der Waals surface area contributed by atoms with Crippen LogP contribution in [0.1, 0.15) is 72.1 Å². The van der Waals surface area contributed by atoms with Gasteiger partial charge < -0.3 is 18.1 Å². The van der Waals surface area contributed by atoms with Gasteiger partial charge >= 0.3 is 8.80 Å². The first-order valence-corrected chi connectivity index (χ1v) is 10.5. The normalized spacial score (nSPS) is 11.8. The van der Waals surface area contributed by atoms with Crippen molar-refractivity contribution >= 4 is 15.1 Å². The standard InChI is InChI=1S/C16H34O4Si/c1-4-18-21(19-5-2,20-6-3)16-14-12-10-8-7-9-11-13-15-17/h15H,4-14,16H2,1-3H3. The van der Waals surface area contributed by atoms with Gasteiger partial charge in [-0.05, 0) is 33.6 Å².